The Balaban J connectivity index is 0.000000434. The van der Waals surface area contributed by atoms with Gasteiger partial charge in [-0.2, -0.15) is 0 Å². The zero-order chi connectivity index (χ0) is 49.0. The van der Waals surface area contributed by atoms with Gasteiger partial charge in [0.1, 0.15) is 23.0 Å². The summed E-state index contributed by atoms with van der Waals surface area (Å²) >= 11 is 0. The molecule has 353 valence electrons. The van der Waals surface area contributed by atoms with Crippen molar-refractivity contribution in [3.8, 4) is 23.0 Å². The summed E-state index contributed by atoms with van der Waals surface area (Å²) in [6, 6.07) is 0.832. The molecule has 0 fully saturated rings. The number of aromatic hydroxyl groups is 4. The summed E-state index contributed by atoms with van der Waals surface area (Å²) in [5.41, 5.74) is -7.07. The smallest absolute Gasteiger partial charge is 0.195 e. The van der Waals surface area contributed by atoms with Crippen molar-refractivity contribution in [2.75, 3.05) is 14.1 Å². The second-order valence-corrected chi connectivity index (χ2v) is 19.8. The van der Waals surface area contributed by atoms with Gasteiger partial charge in [0.15, 0.2) is 64.0 Å². The van der Waals surface area contributed by atoms with Crippen molar-refractivity contribution in [3.63, 3.8) is 0 Å². The summed E-state index contributed by atoms with van der Waals surface area (Å²) < 4.78 is 157. The van der Waals surface area contributed by atoms with Gasteiger partial charge in [0.2, 0.25) is 0 Å². The van der Waals surface area contributed by atoms with E-state index in [4.69, 9.17) is 0 Å². The predicted molar refractivity (Wildman–Crippen MR) is 217 cm³/mol. The van der Waals surface area contributed by atoms with Crippen molar-refractivity contribution >= 4 is 0 Å². The zero-order valence-corrected chi connectivity index (χ0v) is 41.2. The molecule has 0 heterocycles. The minimum atomic E-state index is -1.77. The number of rotatable bonds is 8. The number of phenolic OH excluding ortho intramolecular Hbond substituents is 4. The van der Waals surface area contributed by atoms with Gasteiger partial charge in [-0.05, 0) is 41.8 Å². The summed E-state index contributed by atoms with van der Waals surface area (Å²) in [5, 5.41) is 41.9. The van der Waals surface area contributed by atoms with Crippen LogP contribution in [0, 0.1) is 64.0 Å². The summed E-state index contributed by atoms with van der Waals surface area (Å²) in [5.74, 6) is -19.6. The van der Waals surface area contributed by atoms with E-state index in [1.54, 1.807) is 41.5 Å². The summed E-state index contributed by atoms with van der Waals surface area (Å²) in [7, 11) is 2.75. The van der Waals surface area contributed by atoms with Crippen LogP contribution in [0.2, 0.25) is 0 Å². The summed E-state index contributed by atoms with van der Waals surface area (Å²) in [4.78, 5) is 2.50. The van der Waals surface area contributed by atoms with Crippen LogP contribution in [-0.2, 0) is 80.5 Å². The molecule has 0 saturated heterocycles. The van der Waals surface area contributed by atoms with Gasteiger partial charge in [0.25, 0.3) is 0 Å². The van der Waals surface area contributed by atoms with Crippen molar-refractivity contribution in [2.45, 2.75) is 131 Å². The van der Waals surface area contributed by atoms with Crippen LogP contribution in [-0.4, -0.2) is 44.3 Å². The largest absolute Gasteiger partial charge is 0.507 e. The molecule has 0 aliphatic rings. The molecule has 4 aromatic carbocycles. The molecule has 4 N–H and O–H groups in total. The van der Waals surface area contributed by atoms with E-state index in [2.05, 4.69) is 0 Å². The summed E-state index contributed by atoms with van der Waals surface area (Å²) in [6.07, 6.45) is 0. The first-order valence-electron chi connectivity index (χ1n) is 19.6. The summed E-state index contributed by atoms with van der Waals surface area (Å²) in [6.45, 7) is 16.8. The molecule has 0 bridgehead atoms. The zero-order valence-electron chi connectivity index (χ0n) is 38.3. The van der Waals surface area contributed by atoms with Crippen LogP contribution < -0.4 is 0 Å². The van der Waals surface area contributed by atoms with Crippen LogP contribution in [0.3, 0.4) is 0 Å². The Morgan fingerprint density at radius 1 is 0.359 bits per heavy atom. The molecule has 0 aromatic heterocycles. The molecule has 18 heteroatoms. The molecule has 0 aliphatic carbocycles. The van der Waals surface area contributed by atoms with E-state index in [1.165, 1.54) is 60.5 Å². The molecule has 1 radical (unpaired) electrons. The van der Waals surface area contributed by atoms with E-state index < -0.39 is 150 Å². The monoisotopic (exact) mass is 997 g/mol. The second-order valence-electron chi connectivity index (χ2n) is 19.8. The molecule has 0 aliphatic heterocycles. The Labute approximate surface area is 392 Å². The maximum atomic E-state index is 14.5. The first-order chi connectivity index (χ1) is 28.4. The predicted octanol–water partition coefficient (Wildman–Crippen LogP) is 12.2. The SMILES string of the molecule is CN(Cc1c(O)c(C(C)(C)C)c(F)c(F)c1F)Cc1c(O)c(C(C)(C)C)c(F)c(F)c1F.CN(Cc1cc(F)c(F)c(C(C)(C)C)c1O)Cc1c(O)c(C(C)(C)C)c(F)c(F)c1F.[Y]. The fourth-order valence-electron chi connectivity index (χ4n) is 7.26. The number of halogens is 11. The Morgan fingerprint density at radius 2 is 0.594 bits per heavy atom. The van der Waals surface area contributed by atoms with Crippen LogP contribution in [0.25, 0.3) is 0 Å². The first-order valence-corrected chi connectivity index (χ1v) is 19.6. The molecule has 0 unspecified atom stereocenters. The van der Waals surface area contributed by atoms with Crippen LogP contribution in [0.4, 0.5) is 48.3 Å². The van der Waals surface area contributed by atoms with Crippen LogP contribution in [0.1, 0.15) is 128 Å². The molecule has 0 spiro atoms. The van der Waals surface area contributed by atoms with Crippen LogP contribution in [0.15, 0.2) is 6.07 Å². The van der Waals surface area contributed by atoms with Gasteiger partial charge >= 0.3 is 0 Å². The minimum absolute atomic E-state index is 0. The Bertz CT molecular complexity index is 2320. The second kappa shape index (κ2) is 20.1. The standard InChI is InChI=1S/C23H27F6NO2.C23H28F5NO2.Y/c1-22(2,3)12-16(26)18(28)14(24)10(20(12)31)8-30(7)9-11-15(25)19(29)17(27)13(21(11)32)23(4,5)6;1-22(2,3)14-17(26)13(24)8-11(20(14)30)9-29(7)10-12-16(25)19(28)18(27)15(21(12)31)23(4,5)6;/h31-32H,8-9H2,1-7H3;8,30-31H,9-10H2,1-7H3;. The maximum absolute atomic E-state index is 14.5. The molecular weight excluding hydrogens is 942 g/mol. The fourth-order valence-corrected chi connectivity index (χ4v) is 7.26. The van der Waals surface area contributed by atoms with Crippen LogP contribution in [0.5, 0.6) is 23.0 Å². The number of hydrogen-bond donors (Lipinski definition) is 4. The molecule has 0 saturated carbocycles. The Kier molecular flexibility index (Phi) is 17.7. The van der Waals surface area contributed by atoms with Crippen molar-refractivity contribution < 1.29 is 101 Å². The van der Waals surface area contributed by atoms with Gasteiger partial charge in [0.05, 0.1) is 0 Å². The van der Waals surface area contributed by atoms with Gasteiger partial charge in [0, 0.05) is 103 Å². The number of benzene rings is 4. The van der Waals surface area contributed by atoms with Gasteiger partial charge in [-0.3, -0.25) is 9.80 Å². The molecule has 0 amide bonds. The number of hydrogen-bond acceptors (Lipinski definition) is 6. The molecular formula is C46H55F11N2O4Y. The molecule has 0 atom stereocenters. The van der Waals surface area contributed by atoms with Gasteiger partial charge in [-0.25, -0.2) is 48.3 Å². The van der Waals surface area contributed by atoms with Gasteiger partial charge in [-0.15, -0.1) is 0 Å². The van der Waals surface area contributed by atoms with E-state index in [0.29, 0.717) is 0 Å². The third-order valence-corrected chi connectivity index (χ3v) is 10.2. The molecule has 4 rings (SSSR count). The minimum Gasteiger partial charge on any atom is -0.507 e. The van der Waals surface area contributed by atoms with Gasteiger partial charge in [-0.1, -0.05) is 83.1 Å². The maximum Gasteiger partial charge on any atom is 0.195 e. The number of phenols is 4. The van der Waals surface area contributed by atoms with Crippen molar-refractivity contribution in [1.29, 1.82) is 0 Å². The van der Waals surface area contributed by atoms with E-state index in [0.717, 1.165) is 11.0 Å². The van der Waals surface area contributed by atoms with E-state index in [9.17, 15) is 68.7 Å². The topological polar surface area (TPSA) is 87.4 Å². The van der Waals surface area contributed by atoms with E-state index in [-0.39, 0.29) is 62.5 Å². The number of nitrogens with zero attached hydrogens (tertiary/aromatic N) is 2. The van der Waals surface area contributed by atoms with Crippen LogP contribution >= 0.6 is 0 Å². The molecule has 6 nitrogen and oxygen atoms in total. The normalized spacial score (nSPS) is 12.5. The van der Waals surface area contributed by atoms with E-state index in [1.807, 2.05) is 0 Å². The van der Waals surface area contributed by atoms with Crippen molar-refractivity contribution in [1.82, 2.24) is 9.80 Å². The average molecular weight is 998 g/mol. The molecule has 4 aromatic rings. The van der Waals surface area contributed by atoms with Crippen molar-refractivity contribution in [2.24, 2.45) is 0 Å². The third kappa shape index (κ3) is 11.6. The Morgan fingerprint density at radius 3 is 0.844 bits per heavy atom. The van der Waals surface area contributed by atoms with E-state index >= 15 is 0 Å². The first kappa shape index (κ1) is 56.5. The Hall–Kier alpha value is -3.67. The average Bonchev–Trinajstić information content (AvgIpc) is 3.11. The quantitative estimate of drug-likeness (QED) is 0.104. The van der Waals surface area contributed by atoms with Crippen molar-refractivity contribution in [3.05, 3.63) is 115 Å². The van der Waals surface area contributed by atoms with Gasteiger partial charge < -0.3 is 20.4 Å². The fraction of sp³-hybridized carbons (Fsp3) is 0.478. The third-order valence-electron chi connectivity index (χ3n) is 10.2. The molecule has 64 heavy (non-hydrogen) atoms.